The highest BCUT2D eigenvalue weighted by Gasteiger charge is 2.10. The van der Waals surface area contributed by atoms with Crippen molar-refractivity contribution < 1.29 is 8.42 Å². The summed E-state index contributed by atoms with van der Waals surface area (Å²) in [6.07, 6.45) is 3.13. The maximum absolute atomic E-state index is 11.7. The van der Waals surface area contributed by atoms with Gasteiger partial charge in [-0.1, -0.05) is 13.3 Å². The molecule has 0 spiro atoms. The third-order valence-corrected chi connectivity index (χ3v) is 3.59. The van der Waals surface area contributed by atoms with Crippen molar-refractivity contribution in [1.82, 2.24) is 4.98 Å². The van der Waals surface area contributed by atoms with Crippen LogP contribution in [0.25, 0.3) is 0 Å². The van der Waals surface area contributed by atoms with Gasteiger partial charge in [0.2, 0.25) is 10.0 Å². The van der Waals surface area contributed by atoms with Gasteiger partial charge in [-0.3, -0.25) is 4.72 Å². The van der Waals surface area contributed by atoms with Gasteiger partial charge >= 0.3 is 0 Å². The number of nitrogens with zero attached hydrogens (tertiary/aromatic N) is 1. The molecule has 18 heavy (non-hydrogen) atoms. The summed E-state index contributed by atoms with van der Waals surface area (Å²) in [5.41, 5.74) is 0.876. The number of unbranched alkanes of at least 4 members (excludes halogenated alkanes) is 1. The zero-order chi connectivity index (χ0) is 13.6. The van der Waals surface area contributed by atoms with E-state index in [1.807, 2.05) is 26.8 Å². The molecule has 1 aromatic rings. The van der Waals surface area contributed by atoms with E-state index in [1.165, 1.54) is 0 Å². The van der Waals surface area contributed by atoms with Gasteiger partial charge in [-0.25, -0.2) is 13.4 Å². The topological polar surface area (TPSA) is 71.1 Å². The van der Waals surface area contributed by atoms with Crippen molar-refractivity contribution in [2.24, 2.45) is 0 Å². The summed E-state index contributed by atoms with van der Waals surface area (Å²) in [5.74, 6) is 0.498. The van der Waals surface area contributed by atoms with Crippen LogP contribution in [0.3, 0.4) is 0 Å². The van der Waals surface area contributed by atoms with Gasteiger partial charge in [0, 0.05) is 6.04 Å². The minimum atomic E-state index is -3.27. The van der Waals surface area contributed by atoms with Gasteiger partial charge in [0.25, 0.3) is 0 Å². The molecule has 0 saturated heterocycles. The zero-order valence-corrected chi connectivity index (χ0v) is 11.9. The third-order valence-electron chi connectivity index (χ3n) is 2.25. The lowest BCUT2D eigenvalue weighted by Crippen LogP contribution is -2.17. The second-order valence-electron chi connectivity index (χ2n) is 4.51. The van der Waals surface area contributed by atoms with E-state index in [0.29, 0.717) is 18.3 Å². The van der Waals surface area contributed by atoms with Crippen LogP contribution in [0, 0.1) is 0 Å². The number of sulfonamides is 1. The predicted molar refractivity (Wildman–Crippen MR) is 75.3 cm³/mol. The molecule has 0 aliphatic carbocycles. The number of hydrogen-bond donors (Lipinski definition) is 2. The molecule has 0 fully saturated rings. The molecule has 2 N–H and O–H groups in total. The highest BCUT2D eigenvalue weighted by Crippen LogP contribution is 2.12. The normalized spacial score (nSPS) is 11.6. The number of anilines is 2. The SMILES string of the molecule is CCCCS(=O)(=O)Nc1ccc(NC(C)C)cn1. The zero-order valence-electron chi connectivity index (χ0n) is 11.1. The van der Waals surface area contributed by atoms with Crippen LogP contribution in [-0.4, -0.2) is 25.2 Å². The summed E-state index contributed by atoms with van der Waals surface area (Å²) in [5, 5.41) is 3.19. The van der Waals surface area contributed by atoms with Gasteiger partial charge in [0.15, 0.2) is 0 Å². The second kappa shape index (κ2) is 6.58. The smallest absolute Gasteiger partial charge is 0.233 e. The summed E-state index contributed by atoms with van der Waals surface area (Å²) in [6, 6.07) is 3.79. The Labute approximate surface area is 109 Å². The van der Waals surface area contributed by atoms with Crippen LogP contribution in [0.5, 0.6) is 0 Å². The van der Waals surface area contributed by atoms with Gasteiger partial charge < -0.3 is 5.32 Å². The highest BCUT2D eigenvalue weighted by atomic mass is 32.2. The van der Waals surface area contributed by atoms with Gasteiger partial charge in [-0.15, -0.1) is 0 Å². The number of aromatic nitrogens is 1. The van der Waals surface area contributed by atoms with Crippen LogP contribution in [0.1, 0.15) is 33.6 Å². The number of pyridine rings is 1. The standard InChI is InChI=1S/C12H21N3O2S/c1-4-5-8-18(16,17)15-12-7-6-11(9-13-12)14-10(2)3/h6-7,9-10,14H,4-5,8H2,1-3H3,(H,13,15). The van der Waals surface area contributed by atoms with Gasteiger partial charge in [0.1, 0.15) is 5.82 Å². The Balaban J connectivity index is 2.63. The first-order chi connectivity index (χ1) is 8.43. The molecule has 0 bridgehead atoms. The molecule has 102 valence electrons. The summed E-state index contributed by atoms with van der Waals surface area (Å²) in [4.78, 5) is 4.07. The number of rotatable bonds is 7. The van der Waals surface area contributed by atoms with E-state index in [0.717, 1.165) is 12.1 Å². The van der Waals surface area contributed by atoms with Crippen molar-refractivity contribution >= 4 is 21.5 Å². The molecule has 0 saturated carbocycles. The first-order valence-electron chi connectivity index (χ1n) is 6.16. The summed E-state index contributed by atoms with van der Waals surface area (Å²) >= 11 is 0. The minimum absolute atomic E-state index is 0.136. The fourth-order valence-corrected chi connectivity index (χ4v) is 2.63. The van der Waals surface area contributed by atoms with Crippen molar-refractivity contribution in [3.63, 3.8) is 0 Å². The van der Waals surface area contributed by atoms with E-state index >= 15 is 0 Å². The lowest BCUT2D eigenvalue weighted by molar-refractivity contribution is 0.597. The van der Waals surface area contributed by atoms with E-state index in [-0.39, 0.29) is 5.75 Å². The Hall–Kier alpha value is -1.30. The molecule has 0 aliphatic rings. The quantitative estimate of drug-likeness (QED) is 0.799. The molecule has 0 amide bonds. The summed E-state index contributed by atoms with van der Waals surface area (Å²) in [6.45, 7) is 6.02. The van der Waals surface area contributed by atoms with Crippen LogP contribution in [0.4, 0.5) is 11.5 Å². The van der Waals surface area contributed by atoms with Crippen LogP contribution in [0.15, 0.2) is 18.3 Å². The summed E-state index contributed by atoms with van der Waals surface area (Å²) in [7, 11) is -3.27. The van der Waals surface area contributed by atoms with Crippen molar-refractivity contribution in [2.45, 2.75) is 39.7 Å². The van der Waals surface area contributed by atoms with E-state index in [1.54, 1.807) is 12.3 Å². The lowest BCUT2D eigenvalue weighted by Gasteiger charge is -2.10. The van der Waals surface area contributed by atoms with E-state index < -0.39 is 10.0 Å². The Bertz CT molecular complexity index is 455. The molecule has 0 aliphatic heterocycles. The van der Waals surface area contributed by atoms with Crippen LogP contribution < -0.4 is 10.0 Å². The van der Waals surface area contributed by atoms with Crippen molar-refractivity contribution in [3.05, 3.63) is 18.3 Å². The van der Waals surface area contributed by atoms with E-state index in [2.05, 4.69) is 15.0 Å². The lowest BCUT2D eigenvalue weighted by atomic mass is 10.3. The van der Waals surface area contributed by atoms with Crippen LogP contribution in [-0.2, 0) is 10.0 Å². The molecular formula is C12H21N3O2S. The average molecular weight is 271 g/mol. The Morgan fingerprint density at radius 2 is 2.06 bits per heavy atom. The molecule has 0 aromatic carbocycles. The molecule has 1 heterocycles. The average Bonchev–Trinajstić information content (AvgIpc) is 2.28. The van der Waals surface area contributed by atoms with Crippen LogP contribution >= 0.6 is 0 Å². The Morgan fingerprint density at radius 1 is 1.33 bits per heavy atom. The largest absolute Gasteiger partial charge is 0.382 e. The predicted octanol–water partition coefficient (Wildman–Crippen LogP) is 2.44. The van der Waals surface area contributed by atoms with Gasteiger partial charge in [-0.05, 0) is 32.4 Å². The molecule has 5 nitrogen and oxygen atoms in total. The molecule has 0 unspecified atom stereocenters. The molecule has 0 radical (unpaired) electrons. The Kier molecular flexibility index (Phi) is 5.40. The maximum atomic E-state index is 11.7. The Morgan fingerprint density at radius 3 is 2.56 bits per heavy atom. The third kappa shape index (κ3) is 5.35. The summed E-state index contributed by atoms with van der Waals surface area (Å²) < 4.78 is 25.8. The molecule has 6 heteroatoms. The van der Waals surface area contributed by atoms with Crippen molar-refractivity contribution in [2.75, 3.05) is 15.8 Å². The fourth-order valence-electron chi connectivity index (χ4n) is 1.42. The van der Waals surface area contributed by atoms with Gasteiger partial charge in [-0.2, -0.15) is 0 Å². The first kappa shape index (κ1) is 14.8. The fraction of sp³-hybridized carbons (Fsp3) is 0.583. The molecule has 0 atom stereocenters. The van der Waals surface area contributed by atoms with Gasteiger partial charge in [0.05, 0.1) is 17.6 Å². The molecular weight excluding hydrogens is 250 g/mol. The van der Waals surface area contributed by atoms with E-state index in [9.17, 15) is 8.42 Å². The van der Waals surface area contributed by atoms with Crippen LogP contribution in [0.2, 0.25) is 0 Å². The monoisotopic (exact) mass is 271 g/mol. The number of hydrogen-bond acceptors (Lipinski definition) is 4. The number of nitrogens with one attached hydrogen (secondary N) is 2. The highest BCUT2D eigenvalue weighted by molar-refractivity contribution is 7.92. The van der Waals surface area contributed by atoms with Crippen molar-refractivity contribution in [1.29, 1.82) is 0 Å². The van der Waals surface area contributed by atoms with Crippen molar-refractivity contribution in [3.8, 4) is 0 Å². The first-order valence-corrected chi connectivity index (χ1v) is 7.81. The second-order valence-corrected chi connectivity index (χ2v) is 6.35. The van der Waals surface area contributed by atoms with E-state index in [4.69, 9.17) is 0 Å². The molecule has 1 rings (SSSR count). The maximum Gasteiger partial charge on any atom is 0.233 e. The minimum Gasteiger partial charge on any atom is -0.382 e. The molecule has 1 aromatic heterocycles.